The zero-order valence-corrected chi connectivity index (χ0v) is 17.4. The molecule has 0 bridgehead atoms. The molecule has 1 fully saturated rings. The lowest BCUT2D eigenvalue weighted by Crippen LogP contribution is -2.47. The monoisotopic (exact) mass is 433 g/mol. The zero-order chi connectivity index (χ0) is 22.5. The molecule has 2 heterocycles. The molecular weight excluding hydrogens is 409 g/mol. The number of carbonyl (C=O) groups is 1. The Morgan fingerprint density at radius 1 is 1.22 bits per heavy atom. The number of nitrogens with zero attached hydrogens (tertiary/aromatic N) is 2. The summed E-state index contributed by atoms with van der Waals surface area (Å²) in [6.45, 7) is 1.77. The Balaban J connectivity index is 1.43. The van der Waals surface area contributed by atoms with Crippen LogP contribution in [0.3, 0.4) is 0 Å². The molecule has 1 amide bonds. The maximum absolute atomic E-state index is 14.0. The zero-order valence-electron chi connectivity index (χ0n) is 17.4. The van der Waals surface area contributed by atoms with Gasteiger partial charge in [0.25, 0.3) is 5.91 Å². The number of rotatable bonds is 6. The number of aromatic nitrogens is 1. The molecule has 1 atom stereocenters. The van der Waals surface area contributed by atoms with E-state index in [4.69, 9.17) is 15.9 Å². The Morgan fingerprint density at radius 2 is 2.00 bits per heavy atom. The number of pyridine rings is 1. The average Bonchev–Trinajstić information content (AvgIpc) is 2.82. The van der Waals surface area contributed by atoms with Crippen molar-refractivity contribution in [3.8, 4) is 0 Å². The summed E-state index contributed by atoms with van der Waals surface area (Å²) in [7, 11) is 0. The first-order valence-corrected chi connectivity index (χ1v) is 10.3. The molecule has 0 saturated carbocycles. The summed E-state index contributed by atoms with van der Waals surface area (Å²) in [6, 6.07) is 15.1. The summed E-state index contributed by atoms with van der Waals surface area (Å²) in [5.74, 6) is -0.555. The minimum absolute atomic E-state index is 0.242. The van der Waals surface area contributed by atoms with E-state index in [1.54, 1.807) is 60.9 Å². The van der Waals surface area contributed by atoms with Crippen molar-refractivity contribution < 1.29 is 13.9 Å². The summed E-state index contributed by atoms with van der Waals surface area (Å²) in [5, 5.41) is 11.3. The molecule has 1 aliphatic rings. The second-order valence-electron chi connectivity index (χ2n) is 7.59. The largest absolute Gasteiger partial charge is 0.398 e. The van der Waals surface area contributed by atoms with Crippen molar-refractivity contribution in [1.29, 1.82) is 5.41 Å². The van der Waals surface area contributed by atoms with Crippen LogP contribution in [0.15, 0.2) is 67.0 Å². The predicted octanol–water partition coefficient (Wildman–Crippen LogP) is 3.06. The topological polar surface area (TPSA) is 104 Å². The number of anilines is 2. The Hall–Kier alpha value is -3.62. The molecule has 1 unspecified atom stereocenters. The summed E-state index contributed by atoms with van der Waals surface area (Å²) in [4.78, 5) is 18.8. The lowest BCUT2D eigenvalue weighted by Gasteiger charge is -2.32. The van der Waals surface area contributed by atoms with Crippen LogP contribution in [0.1, 0.15) is 16.7 Å². The van der Waals surface area contributed by atoms with Gasteiger partial charge in [0.05, 0.1) is 12.3 Å². The van der Waals surface area contributed by atoms with E-state index in [0.29, 0.717) is 54.3 Å². The number of ether oxygens (including phenoxy) is 1. The third-order valence-corrected chi connectivity index (χ3v) is 5.35. The highest BCUT2D eigenvalue weighted by molar-refractivity contribution is 6.14. The van der Waals surface area contributed by atoms with Crippen molar-refractivity contribution in [2.75, 3.05) is 30.7 Å². The van der Waals surface area contributed by atoms with Crippen molar-refractivity contribution in [2.24, 2.45) is 0 Å². The summed E-state index contributed by atoms with van der Waals surface area (Å²) >= 11 is 0. The molecule has 7 nitrogen and oxygen atoms in total. The van der Waals surface area contributed by atoms with Crippen LogP contribution in [0.5, 0.6) is 0 Å². The highest BCUT2D eigenvalue weighted by Crippen LogP contribution is 2.22. The minimum atomic E-state index is -0.684. The third kappa shape index (κ3) is 4.99. The normalized spacial score (nSPS) is 16.5. The standard InChI is InChI=1S/C24H24FN5O2/c25-20-4-2-1-3-17(20)14-30-11-12-32-22(15-30)24(31)29-18-5-6-21(26)19(13-18)23(27)16-7-9-28-10-8-16/h1-10,13,22,27H,11-12,14-15,26H2,(H,29,31). The van der Waals surface area contributed by atoms with Crippen LogP contribution >= 0.6 is 0 Å². The fourth-order valence-electron chi connectivity index (χ4n) is 3.62. The molecule has 8 heteroatoms. The van der Waals surface area contributed by atoms with Crippen LogP contribution in [0.4, 0.5) is 15.8 Å². The molecule has 4 rings (SSSR count). The number of hydrogen-bond donors (Lipinski definition) is 3. The Labute approximate surface area is 185 Å². The second kappa shape index (κ2) is 9.67. The van der Waals surface area contributed by atoms with Crippen molar-refractivity contribution >= 4 is 23.0 Å². The van der Waals surface area contributed by atoms with E-state index in [0.717, 1.165) is 0 Å². The molecule has 4 N–H and O–H groups in total. The van der Waals surface area contributed by atoms with Crippen LogP contribution in [0.25, 0.3) is 0 Å². The number of halogens is 1. The fourth-order valence-corrected chi connectivity index (χ4v) is 3.62. The van der Waals surface area contributed by atoms with Crippen LogP contribution in [0.2, 0.25) is 0 Å². The molecule has 164 valence electrons. The van der Waals surface area contributed by atoms with Gasteiger partial charge in [-0.1, -0.05) is 18.2 Å². The van der Waals surface area contributed by atoms with Crippen LogP contribution in [0, 0.1) is 11.2 Å². The van der Waals surface area contributed by atoms with E-state index in [9.17, 15) is 9.18 Å². The van der Waals surface area contributed by atoms with Crippen molar-refractivity contribution in [2.45, 2.75) is 12.6 Å². The van der Waals surface area contributed by atoms with Crippen LogP contribution in [-0.4, -0.2) is 47.3 Å². The number of morpholine rings is 1. The summed E-state index contributed by atoms with van der Waals surface area (Å²) in [6.07, 6.45) is 2.54. The number of benzene rings is 2. The van der Waals surface area contributed by atoms with Gasteiger partial charge in [-0.05, 0) is 36.4 Å². The molecular formula is C24H24FN5O2. The number of hydrogen-bond acceptors (Lipinski definition) is 6. The number of amides is 1. The van der Waals surface area contributed by atoms with Gasteiger partial charge in [-0.2, -0.15) is 0 Å². The van der Waals surface area contributed by atoms with E-state index in [1.165, 1.54) is 6.07 Å². The molecule has 0 radical (unpaired) electrons. The quantitative estimate of drug-likeness (QED) is 0.409. The van der Waals surface area contributed by atoms with E-state index in [1.807, 2.05) is 4.90 Å². The highest BCUT2D eigenvalue weighted by atomic mass is 19.1. The number of nitrogen functional groups attached to an aromatic ring is 1. The number of nitrogens with two attached hydrogens (primary N) is 1. The Morgan fingerprint density at radius 3 is 2.78 bits per heavy atom. The SMILES string of the molecule is N=C(c1ccncc1)c1cc(NC(=O)C2CN(Cc3ccccc3F)CCO2)ccc1N. The van der Waals surface area contributed by atoms with Gasteiger partial charge in [-0.15, -0.1) is 0 Å². The molecule has 0 aliphatic carbocycles. The van der Waals surface area contributed by atoms with Gasteiger partial charge in [0.1, 0.15) is 11.9 Å². The maximum Gasteiger partial charge on any atom is 0.254 e. The lowest BCUT2D eigenvalue weighted by atomic mass is 10.0. The van der Waals surface area contributed by atoms with E-state index in [2.05, 4.69) is 10.3 Å². The lowest BCUT2D eigenvalue weighted by molar-refractivity contribution is -0.133. The van der Waals surface area contributed by atoms with Gasteiger partial charge in [0.2, 0.25) is 0 Å². The molecule has 0 spiro atoms. The molecule has 3 aromatic rings. The molecule has 1 aliphatic heterocycles. The van der Waals surface area contributed by atoms with Crippen molar-refractivity contribution in [3.63, 3.8) is 0 Å². The van der Waals surface area contributed by atoms with Crippen molar-refractivity contribution in [3.05, 3.63) is 89.5 Å². The maximum atomic E-state index is 14.0. The third-order valence-electron chi connectivity index (χ3n) is 5.35. The average molecular weight is 433 g/mol. The number of carbonyl (C=O) groups excluding carboxylic acids is 1. The molecule has 2 aromatic carbocycles. The van der Waals surface area contributed by atoms with E-state index >= 15 is 0 Å². The van der Waals surface area contributed by atoms with Gasteiger partial charge in [-0.25, -0.2) is 4.39 Å². The smallest absolute Gasteiger partial charge is 0.254 e. The number of nitrogens with one attached hydrogen (secondary N) is 2. The van der Waals surface area contributed by atoms with Crippen LogP contribution < -0.4 is 11.1 Å². The fraction of sp³-hybridized carbons (Fsp3) is 0.208. The van der Waals surface area contributed by atoms with Crippen LogP contribution in [-0.2, 0) is 16.1 Å². The van der Waals surface area contributed by atoms with Gasteiger partial charge in [0.15, 0.2) is 0 Å². The van der Waals surface area contributed by atoms with Gasteiger partial charge < -0.3 is 15.8 Å². The second-order valence-corrected chi connectivity index (χ2v) is 7.59. The minimum Gasteiger partial charge on any atom is -0.398 e. The van der Waals surface area contributed by atoms with Gasteiger partial charge in [0, 0.05) is 60.1 Å². The van der Waals surface area contributed by atoms with Gasteiger partial charge in [-0.3, -0.25) is 20.1 Å². The van der Waals surface area contributed by atoms with Gasteiger partial charge >= 0.3 is 0 Å². The first kappa shape index (κ1) is 21.6. The summed E-state index contributed by atoms with van der Waals surface area (Å²) in [5.41, 5.74) is 9.05. The van der Waals surface area contributed by atoms with Crippen molar-refractivity contribution in [1.82, 2.24) is 9.88 Å². The highest BCUT2D eigenvalue weighted by Gasteiger charge is 2.27. The summed E-state index contributed by atoms with van der Waals surface area (Å²) < 4.78 is 19.6. The van der Waals surface area contributed by atoms with E-state index in [-0.39, 0.29) is 17.4 Å². The Kier molecular flexibility index (Phi) is 6.53. The molecule has 1 aromatic heterocycles. The first-order chi connectivity index (χ1) is 15.5. The first-order valence-electron chi connectivity index (χ1n) is 10.3. The molecule has 1 saturated heterocycles. The Bertz CT molecular complexity index is 1120. The predicted molar refractivity (Wildman–Crippen MR) is 121 cm³/mol. The van der Waals surface area contributed by atoms with E-state index < -0.39 is 6.10 Å². The molecule has 32 heavy (non-hydrogen) atoms.